The lowest BCUT2D eigenvalue weighted by Crippen LogP contribution is -2.43. The Morgan fingerprint density at radius 2 is 1.70 bits per heavy atom. The highest BCUT2D eigenvalue weighted by molar-refractivity contribution is 6.74. The van der Waals surface area contributed by atoms with Crippen molar-refractivity contribution in [1.82, 2.24) is 0 Å². The zero-order valence-corrected chi connectivity index (χ0v) is 20.1. The first-order chi connectivity index (χ1) is 13.9. The fourth-order valence-electron chi connectivity index (χ4n) is 2.77. The van der Waals surface area contributed by atoms with E-state index in [1.165, 1.54) is 12.1 Å². The monoisotopic (exact) mass is 430 g/mol. The summed E-state index contributed by atoms with van der Waals surface area (Å²) in [4.78, 5) is 12.4. The van der Waals surface area contributed by atoms with E-state index in [1.807, 2.05) is 32.0 Å². The van der Waals surface area contributed by atoms with Gasteiger partial charge in [-0.25, -0.2) is 4.79 Å². The molecule has 0 aliphatic rings. The van der Waals surface area contributed by atoms with Gasteiger partial charge in [-0.1, -0.05) is 40.2 Å². The molecule has 0 heterocycles. The van der Waals surface area contributed by atoms with Gasteiger partial charge in [0.2, 0.25) is 8.32 Å². The maximum Gasteiger partial charge on any atom is 0.341 e. The van der Waals surface area contributed by atoms with Gasteiger partial charge in [-0.3, -0.25) is 0 Å². The molecule has 0 amide bonds. The number of esters is 1. The Bertz CT molecular complexity index is 913. The van der Waals surface area contributed by atoms with E-state index in [0.717, 1.165) is 24.2 Å². The van der Waals surface area contributed by atoms with Crippen LogP contribution in [0.15, 0.2) is 30.3 Å². The van der Waals surface area contributed by atoms with Gasteiger partial charge in [0.05, 0.1) is 6.61 Å². The molecule has 2 rings (SSSR count). The van der Waals surface area contributed by atoms with Crippen LogP contribution in [0.3, 0.4) is 0 Å². The molecule has 2 aromatic rings. The lowest BCUT2D eigenvalue weighted by molar-refractivity contribution is 0.0496. The highest BCUT2D eigenvalue weighted by Gasteiger charge is 2.39. The first-order valence-corrected chi connectivity index (χ1v) is 13.3. The third-order valence-electron chi connectivity index (χ3n) is 5.61. The minimum absolute atomic E-state index is 0.0345. The van der Waals surface area contributed by atoms with E-state index in [2.05, 4.69) is 33.9 Å². The first kappa shape index (κ1) is 23.8. The van der Waals surface area contributed by atoms with Crippen molar-refractivity contribution in [1.29, 1.82) is 0 Å². The molecule has 0 aliphatic carbocycles. The molecule has 0 fully saturated rings. The summed E-state index contributed by atoms with van der Waals surface area (Å²) < 4.78 is 11.7. The fourth-order valence-corrected chi connectivity index (χ4v) is 3.78. The molecule has 0 unspecified atom stereocenters. The topological polar surface area (TPSA) is 76.0 Å². The average Bonchev–Trinajstić information content (AvgIpc) is 2.60. The van der Waals surface area contributed by atoms with Crippen molar-refractivity contribution in [3.8, 4) is 28.4 Å². The van der Waals surface area contributed by atoms with Crippen LogP contribution in [0.2, 0.25) is 18.1 Å². The van der Waals surface area contributed by atoms with Gasteiger partial charge in [0.15, 0.2) is 0 Å². The van der Waals surface area contributed by atoms with Gasteiger partial charge >= 0.3 is 5.97 Å². The van der Waals surface area contributed by atoms with Crippen LogP contribution in [0.1, 0.15) is 56.5 Å². The highest BCUT2D eigenvalue weighted by atomic mass is 28.4. The van der Waals surface area contributed by atoms with Crippen LogP contribution in [0.4, 0.5) is 0 Å². The molecular weight excluding hydrogens is 396 g/mol. The number of ether oxygens (including phenoxy) is 1. The van der Waals surface area contributed by atoms with Crippen molar-refractivity contribution in [2.45, 2.75) is 65.6 Å². The predicted molar refractivity (Wildman–Crippen MR) is 123 cm³/mol. The van der Waals surface area contributed by atoms with E-state index < -0.39 is 14.3 Å². The van der Waals surface area contributed by atoms with E-state index in [0.29, 0.717) is 17.7 Å². The largest absolute Gasteiger partial charge is 0.543 e. The Labute approximate surface area is 180 Å². The van der Waals surface area contributed by atoms with Crippen LogP contribution >= 0.6 is 0 Å². The Kier molecular flexibility index (Phi) is 7.24. The quantitative estimate of drug-likeness (QED) is 0.301. The van der Waals surface area contributed by atoms with Gasteiger partial charge in [-0.05, 0) is 60.8 Å². The predicted octanol–water partition coefficient (Wildman–Crippen LogP) is 6.41. The van der Waals surface area contributed by atoms with Crippen molar-refractivity contribution >= 4 is 14.3 Å². The zero-order valence-electron chi connectivity index (χ0n) is 19.1. The molecule has 164 valence electrons. The van der Waals surface area contributed by atoms with E-state index in [1.54, 1.807) is 0 Å². The maximum absolute atomic E-state index is 12.4. The fraction of sp³-hybridized carbons (Fsp3) is 0.458. The van der Waals surface area contributed by atoms with E-state index in [-0.39, 0.29) is 22.1 Å². The van der Waals surface area contributed by atoms with Crippen molar-refractivity contribution < 1.29 is 24.2 Å². The lowest BCUT2D eigenvalue weighted by atomic mass is 9.99. The average molecular weight is 431 g/mol. The van der Waals surface area contributed by atoms with Gasteiger partial charge in [0.25, 0.3) is 0 Å². The highest BCUT2D eigenvalue weighted by Crippen LogP contribution is 2.40. The van der Waals surface area contributed by atoms with Crippen molar-refractivity contribution in [2.24, 2.45) is 0 Å². The normalized spacial score (nSPS) is 12.0. The molecule has 0 bridgehead atoms. The van der Waals surface area contributed by atoms with Crippen LogP contribution in [0.25, 0.3) is 11.1 Å². The molecule has 0 saturated carbocycles. The molecule has 0 aliphatic heterocycles. The SMILES string of the molecule is CCCCOC(=O)c1cc(-c2cc(C)cc(O[Si](C)(C)C(C)(C)C)c2)c(O)cc1O. The zero-order chi connectivity index (χ0) is 22.7. The van der Waals surface area contributed by atoms with Crippen molar-refractivity contribution in [3.63, 3.8) is 0 Å². The standard InChI is InChI=1S/C24H34O5Si/c1-8-9-10-28-23(27)20-14-19(21(25)15-22(20)26)17-11-16(2)12-18(13-17)29-30(6,7)24(3,4)5/h11-15,25-26H,8-10H2,1-7H3. The number of hydrogen-bond acceptors (Lipinski definition) is 5. The molecule has 0 atom stereocenters. The summed E-state index contributed by atoms with van der Waals surface area (Å²) >= 11 is 0. The van der Waals surface area contributed by atoms with Crippen molar-refractivity contribution in [3.05, 3.63) is 41.5 Å². The van der Waals surface area contributed by atoms with Crippen LogP contribution in [-0.2, 0) is 4.74 Å². The van der Waals surface area contributed by atoms with Crippen LogP contribution in [-0.4, -0.2) is 31.1 Å². The van der Waals surface area contributed by atoms with Crippen LogP contribution in [0.5, 0.6) is 17.2 Å². The molecule has 0 spiro atoms. The number of phenolic OH excluding ortho intramolecular Hbond substituents is 2. The van der Waals surface area contributed by atoms with E-state index >= 15 is 0 Å². The van der Waals surface area contributed by atoms with E-state index in [4.69, 9.17) is 9.16 Å². The second kappa shape index (κ2) is 9.12. The number of aromatic hydroxyl groups is 2. The summed E-state index contributed by atoms with van der Waals surface area (Å²) in [7, 11) is -2.04. The summed E-state index contributed by atoms with van der Waals surface area (Å²) in [5.41, 5.74) is 2.16. The number of carbonyl (C=O) groups is 1. The Morgan fingerprint density at radius 1 is 1.03 bits per heavy atom. The smallest absolute Gasteiger partial charge is 0.341 e. The minimum atomic E-state index is -2.04. The molecule has 0 saturated heterocycles. The Hall–Kier alpha value is -2.47. The Morgan fingerprint density at radius 3 is 2.30 bits per heavy atom. The van der Waals surface area contributed by atoms with E-state index in [9.17, 15) is 15.0 Å². The first-order valence-electron chi connectivity index (χ1n) is 10.4. The maximum atomic E-state index is 12.4. The number of phenols is 2. The number of unbranched alkanes of at least 4 members (excludes halogenated alkanes) is 1. The molecule has 5 nitrogen and oxygen atoms in total. The lowest BCUT2D eigenvalue weighted by Gasteiger charge is -2.36. The molecule has 2 N–H and O–H groups in total. The summed E-state index contributed by atoms with van der Waals surface area (Å²) in [6.45, 7) is 15.1. The molecule has 2 aromatic carbocycles. The second-order valence-corrected chi connectivity index (χ2v) is 14.0. The summed E-state index contributed by atoms with van der Waals surface area (Å²) in [5, 5.41) is 20.7. The number of carbonyl (C=O) groups excluding carboxylic acids is 1. The molecule has 6 heteroatoms. The molecular formula is C24H34O5Si. The van der Waals surface area contributed by atoms with Crippen LogP contribution < -0.4 is 4.43 Å². The Balaban J connectivity index is 2.45. The number of benzene rings is 2. The van der Waals surface area contributed by atoms with Gasteiger partial charge < -0.3 is 19.4 Å². The number of hydrogen-bond donors (Lipinski definition) is 2. The molecule has 30 heavy (non-hydrogen) atoms. The summed E-state index contributed by atoms with van der Waals surface area (Å²) in [6, 6.07) is 8.41. The van der Waals surface area contributed by atoms with Gasteiger partial charge in [0.1, 0.15) is 22.8 Å². The summed E-state index contributed by atoms with van der Waals surface area (Å²) in [5.74, 6) is -0.284. The summed E-state index contributed by atoms with van der Waals surface area (Å²) in [6.07, 6.45) is 1.66. The van der Waals surface area contributed by atoms with Gasteiger partial charge in [-0.15, -0.1) is 0 Å². The third kappa shape index (κ3) is 5.57. The van der Waals surface area contributed by atoms with Gasteiger partial charge in [-0.2, -0.15) is 0 Å². The van der Waals surface area contributed by atoms with Crippen molar-refractivity contribution in [2.75, 3.05) is 6.61 Å². The minimum Gasteiger partial charge on any atom is -0.543 e. The van der Waals surface area contributed by atoms with Gasteiger partial charge in [0, 0.05) is 11.6 Å². The second-order valence-electron chi connectivity index (χ2n) is 9.27. The van der Waals surface area contributed by atoms with Crippen LogP contribution in [0, 0.1) is 6.92 Å². The number of aryl methyl sites for hydroxylation is 1. The molecule has 0 aromatic heterocycles. The third-order valence-corrected chi connectivity index (χ3v) is 9.96. The number of rotatable bonds is 7. The molecule has 0 radical (unpaired) electrons.